The van der Waals surface area contributed by atoms with Gasteiger partial charge in [0, 0.05) is 58.8 Å². The van der Waals surface area contributed by atoms with Crippen molar-refractivity contribution >= 4 is 17.6 Å². The van der Waals surface area contributed by atoms with Gasteiger partial charge < -0.3 is 19.9 Å². The quantitative estimate of drug-likeness (QED) is 0.707. The number of anilines is 1. The number of ether oxygens (including phenoxy) is 1. The summed E-state index contributed by atoms with van der Waals surface area (Å²) in [6, 6.07) is 15.7. The molecule has 7 nitrogen and oxygen atoms in total. The molecule has 2 aliphatic heterocycles. The summed E-state index contributed by atoms with van der Waals surface area (Å²) in [7, 11) is 1.69. The molecule has 0 spiro atoms. The van der Waals surface area contributed by atoms with Crippen LogP contribution in [-0.2, 0) is 9.53 Å². The van der Waals surface area contributed by atoms with Crippen molar-refractivity contribution in [2.24, 2.45) is 5.92 Å². The first-order valence-electron chi connectivity index (χ1n) is 11.9. The second-order valence-corrected chi connectivity index (χ2v) is 9.01. The molecule has 34 heavy (non-hydrogen) atoms. The number of hydrogen-bond acceptors (Lipinski definition) is 4. The Bertz CT molecular complexity index is 966. The average Bonchev–Trinajstić information content (AvgIpc) is 2.89. The molecule has 2 fully saturated rings. The fraction of sp³-hybridized carbons (Fsp3) is 0.462. The minimum Gasteiger partial charge on any atom is -0.383 e. The number of piperidine rings is 1. The molecule has 182 valence electrons. The van der Waals surface area contributed by atoms with Gasteiger partial charge in [-0.2, -0.15) is 0 Å². The normalized spacial score (nSPS) is 21.4. The highest BCUT2D eigenvalue weighted by atomic mass is 19.1. The molecule has 2 aromatic carbocycles. The third-order valence-electron chi connectivity index (χ3n) is 6.77. The fourth-order valence-electron chi connectivity index (χ4n) is 4.84. The molecule has 4 rings (SSSR count). The van der Waals surface area contributed by atoms with Crippen LogP contribution in [0.3, 0.4) is 0 Å². The molecule has 0 bridgehead atoms. The molecule has 8 heteroatoms. The van der Waals surface area contributed by atoms with E-state index in [4.69, 9.17) is 4.74 Å². The molecule has 0 aromatic heterocycles. The number of piperazine rings is 1. The van der Waals surface area contributed by atoms with Crippen LogP contribution in [0.15, 0.2) is 54.6 Å². The highest BCUT2D eigenvalue weighted by Gasteiger charge is 2.37. The number of amides is 3. The van der Waals surface area contributed by atoms with Crippen molar-refractivity contribution in [2.75, 3.05) is 64.8 Å². The number of urea groups is 1. The lowest BCUT2D eigenvalue weighted by Crippen LogP contribution is -2.54. The van der Waals surface area contributed by atoms with Crippen molar-refractivity contribution in [3.05, 3.63) is 66.0 Å². The van der Waals surface area contributed by atoms with Gasteiger partial charge in [0.15, 0.2) is 0 Å². The average molecular weight is 469 g/mol. The minimum atomic E-state index is -0.480. The molecule has 0 aliphatic carbocycles. The zero-order valence-electron chi connectivity index (χ0n) is 19.7. The van der Waals surface area contributed by atoms with Crippen molar-refractivity contribution < 1.29 is 18.7 Å². The number of para-hydroxylation sites is 1. The van der Waals surface area contributed by atoms with Gasteiger partial charge in [-0.15, -0.1) is 0 Å². The molecule has 0 saturated carbocycles. The fourth-order valence-corrected chi connectivity index (χ4v) is 4.84. The number of nitrogens with one attached hydrogen (secondary N) is 1. The van der Waals surface area contributed by atoms with Crippen LogP contribution in [0.25, 0.3) is 0 Å². The van der Waals surface area contributed by atoms with E-state index in [1.54, 1.807) is 24.1 Å². The number of nitrogens with zero attached hydrogens (tertiary/aromatic N) is 3. The van der Waals surface area contributed by atoms with Crippen LogP contribution in [-0.4, -0.2) is 86.2 Å². The monoisotopic (exact) mass is 468 g/mol. The summed E-state index contributed by atoms with van der Waals surface area (Å²) in [4.78, 5) is 32.5. The Morgan fingerprint density at radius 1 is 0.971 bits per heavy atom. The summed E-state index contributed by atoms with van der Waals surface area (Å²) in [6.45, 7) is 5.35. The van der Waals surface area contributed by atoms with E-state index < -0.39 is 5.82 Å². The van der Waals surface area contributed by atoms with Gasteiger partial charge in [-0.1, -0.05) is 42.5 Å². The highest BCUT2D eigenvalue weighted by molar-refractivity contribution is 5.90. The number of carbonyl (C=O) groups excluding carboxylic acids is 2. The van der Waals surface area contributed by atoms with Gasteiger partial charge in [0.2, 0.25) is 5.91 Å². The molecular formula is C26H33FN4O3. The van der Waals surface area contributed by atoms with Crippen molar-refractivity contribution in [1.29, 1.82) is 0 Å². The molecule has 2 saturated heterocycles. The molecule has 3 amide bonds. The lowest BCUT2D eigenvalue weighted by molar-refractivity contribution is -0.139. The first kappa shape index (κ1) is 24.2. The number of methoxy groups -OCH3 is 1. The summed E-state index contributed by atoms with van der Waals surface area (Å²) in [5, 5.41) is 2.68. The summed E-state index contributed by atoms with van der Waals surface area (Å²) >= 11 is 0. The second-order valence-electron chi connectivity index (χ2n) is 9.01. The smallest absolute Gasteiger partial charge is 0.321 e. The van der Waals surface area contributed by atoms with Crippen molar-refractivity contribution in [3.63, 3.8) is 0 Å². The molecule has 2 atom stereocenters. The number of halogens is 1. The number of carbonyl (C=O) groups is 2. The number of rotatable bonds is 6. The zero-order chi connectivity index (χ0) is 23.9. The molecule has 1 N–H and O–H groups in total. The van der Waals surface area contributed by atoms with Gasteiger partial charge >= 0.3 is 6.03 Å². The molecule has 2 unspecified atom stereocenters. The maximum atomic E-state index is 14.1. The highest BCUT2D eigenvalue weighted by Crippen LogP contribution is 2.32. The summed E-state index contributed by atoms with van der Waals surface area (Å²) in [5.41, 5.74) is 1.25. The van der Waals surface area contributed by atoms with E-state index in [0.717, 1.165) is 25.2 Å². The van der Waals surface area contributed by atoms with Gasteiger partial charge in [-0.25, -0.2) is 9.18 Å². The van der Waals surface area contributed by atoms with Crippen LogP contribution in [0.4, 0.5) is 14.9 Å². The lowest BCUT2D eigenvalue weighted by Gasteiger charge is -2.41. The Hall–Kier alpha value is -2.97. The molecule has 2 heterocycles. The van der Waals surface area contributed by atoms with E-state index in [-0.39, 0.29) is 29.5 Å². The number of hydrogen-bond donors (Lipinski definition) is 1. The third kappa shape index (κ3) is 5.93. The first-order valence-corrected chi connectivity index (χ1v) is 11.9. The number of likely N-dealkylation sites (tertiary alicyclic amines) is 1. The van der Waals surface area contributed by atoms with Crippen LogP contribution in [0.2, 0.25) is 0 Å². The van der Waals surface area contributed by atoms with Gasteiger partial charge in [-0.05, 0) is 24.1 Å². The third-order valence-corrected chi connectivity index (χ3v) is 6.77. The summed E-state index contributed by atoms with van der Waals surface area (Å²) in [6.07, 6.45) is 0.691. The van der Waals surface area contributed by atoms with Gasteiger partial charge in [0.25, 0.3) is 0 Å². The summed E-state index contributed by atoms with van der Waals surface area (Å²) in [5.74, 6) is -0.642. The van der Waals surface area contributed by atoms with E-state index in [0.29, 0.717) is 39.2 Å². The van der Waals surface area contributed by atoms with Crippen LogP contribution >= 0.6 is 0 Å². The molecular weight excluding hydrogens is 435 g/mol. The van der Waals surface area contributed by atoms with E-state index >= 15 is 0 Å². The zero-order valence-corrected chi connectivity index (χ0v) is 19.7. The number of benzene rings is 2. The Labute approximate surface area is 200 Å². The van der Waals surface area contributed by atoms with Crippen LogP contribution < -0.4 is 5.32 Å². The minimum absolute atomic E-state index is 0.0401. The topological polar surface area (TPSA) is 65.1 Å². The van der Waals surface area contributed by atoms with Gasteiger partial charge in [-0.3, -0.25) is 9.69 Å². The molecule has 0 radical (unpaired) electrons. The maximum absolute atomic E-state index is 14.1. The SMILES string of the molecule is COCCN1CCN(C(=O)C2CC(c3ccccc3)CN(C(=O)Nc3ccccc3F)C2)CC1. The Balaban J connectivity index is 1.46. The predicted octanol–water partition coefficient (Wildman–Crippen LogP) is 3.25. The second kappa shape index (κ2) is 11.4. The standard InChI is InChI=1S/C26H33FN4O3/c1-34-16-15-29-11-13-30(14-12-29)25(32)22-17-21(20-7-3-2-4-8-20)18-31(19-22)26(33)28-24-10-6-5-9-23(24)27/h2-10,21-22H,11-19H2,1H3,(H,28,33). The van der Waals surface area contributed by atoms with Crippen molar-refractivity contribution in [2.45, 2.75) is 12.3 Å². The Morgan fingerprint density at radius 3 is 2.38 bits per heavy atom. The van der Waals surface area contributed by atoms with E-state index in [1.807, 2.05) is 35.2 Å². The predicted molar refractivity (Wildman–Crippen MR) is 129 cm³/mol. The Kier molecular flexibility index (Phi) is 8.13. The van der Waals surface area contributed by atoms with Gasteiger partial charge in [0.05, 0.1) is 18.2 Å². The Morgan fingerprint density at radius 2 is 1.68 bits per heavy atom. The molecule has 2 aliphatic rings. The van der Waals surface area contributed by atoms with E-state index in [9.17, 15) is 14.0 Å². The van der Waals surface area contributed by atoms with E-state index in [1.165, 1.54) is 12.1 Å². The maximum Gasteiger partial charge on any atom is 0.321 e. The first-order chi connectivity index (χ1) is 16.5. The van der Waals surface area contributed by atoms with Crippen LogP contribution in [0.5, 0.6) is 0 Å². The summed E-state index contributed by atoms with van der Waals surface area (Å²) < 4.78 is 19.3. The largest absolute Gasteiger partial charge is 0.383 e. The van der Waals surface area contributed by atoms with Crippen molar-refractivity contribution in [3.8, 4) is 0 Å². The van der Waals surface area contributed by atoms with Crippen LogP contribution in [0.1, 0.15) is 17.9 Å². The van der Waals surface area contributed by atoms with E-state index in [2.05, 4.69) is 10.2 Å². The van der Waals surface area contributed by atoms with Crippen LogP contribution in [0, 0.1) is 11.7 Å². The van der Waals surface area contributed by atoms with Gasteiger partial charge in [0.1, 0.15) is 5.82 Å². The lowest BCUT2D eigenvalue weighted by atomic mass is 9.84. The van der Waals surface area contributed by atoms with Crippen molar-refractivity contribution in [1.82, 2.24) is 14.7 Å². The molecule has 2 aromatic rings.